The SMILES string of the molecule is CC(C)C(NC(=O)c1cnn2c(-c3ccc(C(F)(F)F)cc3)c(-c3ccccc3Cl)cnc12)C(=O)O. The third-order valence-corrected chi connectivity index (χ3v) is 5.97. The molecule has 0 aliphatic rings. The van der Waals surface area contributed by atoms with Crippen molar-refractivity contribution in [3.05, 3.63) is 77.1 Å². The topological polar surface area (TPSA) is 96.6 Å². The second-order valence-electron chi connectivity index (χ2n) is 8.40. The van der Waals surface area contributed by atoms with Crippen LogP contribution in [0.5, 0.6) is 0 Å². The minimum absolute atomic E-state index is 0.0146. The lowest BCUT2D eigenvalue weighted by Crippen LogP contribution is -2.44. The summed E-state index contributed by atoms with van der Waals surface area (Å²) < 4.78 is 40.8. The first-order valence-corrected chi connectivity index (χ1v) is 11.2. The molecule has 2 aromatic heterocycles. The minimum atomic E-state index is -4.51. The lowest BCUT2D eigenvalue weighted by atomic mass is 9.99. The number of benzene rings is 2. The molecule has 0 radical (unpaired) electrons. The van der Waals surface area contributed by atoms with Crippen LogP contribution in [0.25, 0.3) is 28.0 Å². The van der Waals surface area contributed by atoms with Crippen molar-refractivity contribution in [3.63, 3.8) is 0 Å². The van der Waals surface area contributed by atoms with Crippen molar-refractivity contribution in [2.75, 3.05) is 0 Å². The van der Waals surface area contributed by atoms with E-state index in [0.717, 1.165) is 12.1 Å². The Balaban J connectivity index is 1.90. The molecule has 36 heavy (non-hydrogen) atoms. The summed E-state index contributed by atoms with van der Waals surface area (Å²) in [5, 5.41) is 16.6. The van der Waals surface area contributed by atoms with E-state index in [1.807, 2.05) is 0 Å². The van der Waals surface area contributed by atoms with E-state index < -0.39 is 29.7 Å². The fourth-order valence-corrected chi connectivity index (χ4v) is 4.03. The Morgan fingerprint density at radius 1 is 1.03 bits per heavy atom. The van der Waals surface area contributed by atoms with Crippen molar-refractivity contribution in [1.82, 2.24) is 19.9 Å². The molecule has 11 heteroatoms. The highest BCUT2D eigenvalue weighted by molar-refractivity contribution is 6.33. The van der Waals surface area contributed by atoms with Gasteiger partial charge in [0.1, 0.15) is 11.6 Å². The van der Waals surface area contributed by atoms with E-state index in [9.17, 15) is 27.9 Å². The van der Waals surface area contributed by atoms with Crippen LogP contribution in [-0.4, -0.2) is 37.6 Å². The van der Waals surface area contributed by atoms with E-state index >= 15 is 0 Å². The second kappa shape index (κ2) is 9.62. The van der Waals surface area contributed by atoms with Gasteiger partial charge in [0.25, 0.3) is 5.91 Å². The zero-order valence-electron chi connectivity index (χ0n) is 19.0. The normalized spacial score (nSPS) is 12.6. The lowest BCUT2D eigenvalue weighted by molar-refractivity contribution is -0.140. The second-order valence-corrected chi connectivity index (χ2v) is 8.81. The average Bonchev–Trinajstić information content (AvgIpc) is 3.25. The Kier molecular flexibility index (Phi) is 6.73. The Bertz CT molecular complexity index is 1450. The quantitative estimate of drug-likeness (QED) is 0.349. The van der Waals surface area contributed by atoms with Crippen molar-refractivity contribution in [1.29, 1.82) is 0 Å². The van der Waals surface area contributed by atoms with Crippen LogP contribution in [0.1, 0.15) is 29.8 Å². The number of nitrogens with zero attached hydrogens (tertiary/aromatic N) is 3. The van der Waals surface area contributed by atoms with Crippen molar-refractivity contribution >= 4 is 29.1 Å². The maximum atomic E-state index is 13.2. The number of rotatable bonds is 6. The van der Waals surface area contributed by atoms with E-state index in [-0.39, 0.29) is 17.1 Å². The standard InChI is InChI=1S/C25H20ClF3N4O3/c1-13(2)20(24(35)36)32-23(34)18-12-31-33-21(14-7-9-15(10-8-14)25(27,28)29)17(11-30-22(18)33)16-5-3-4-6-19(16)26/h3-13,20H,1-2H3,(H,32,34)(H,35,36). The van der Waals surface area contributed by atoms with Gasteiger partial charge in [-0.25, -0.2) is 14.3 Å². The number of hydrogen-bond acceptors (Lipinski definition) is 4. The molecule has 4 rings (SSSR count). The van der Waals surface area contributed by atoms with Gasteiger partial charge in [-0.15, -0.1) is 0 Å². The van der Waals surface area contributed by atoms with Gasteiger partial charge < -0.3 is 10.4 Å². The van der Waals surface area contributed by atoms with Gasteiger partial charge in [-0.05, 0) is 24.1 Å². The number of carboxylic acid groups (broad SMARTS) is 1. The molecule has 2 aromatic carbocycles. The fourth-order valence-electron chi connectivity index (χ4n) is 3.80. The Morgan fingerprint density at radius 2 is 1.69 bits per heavy atom. The van der Waals surface area contributed by atoms with Crippen molar-refractivity contribution < 1.29 is 27.9 Å². The van der Waals surface area contributed by atoms with Crippen LogP contribution >= 0.6 is 11.6 Å². The monoisotopic (exact) mass is 516 g/mol. The van der Waals surface area contributed by atoms with Gasteiger partial charge in [-0.3, -0.25) is 4.79 Å². The molecule has 2 heterocycles. The van der Waals surface area contributed by atoms with Crippen molar-refractivity contribution in [2.45, 2.75) is 26.1 Å². The van der Waals surface area contributed by atoms with Gasteiger partial charge in [0.05, 0.1) is 17.5 Å². The summed E-state index contributed by atoms with van der Waals surface area (Å²) in [5.74, 6) is -2.26. The maximum Gasteiger partial charge on any atom is 0.416 e. The highest BCUT2D eigenvalue weighted by atomic mass is 35.5. The number of carbonyl (C=O) groups excluding carboxylic acids is 1. The van der Waals surface area contributed by atoms with Gasteiger partial charge in [0.2, 0.25) is 0 Å². The van der Waals surface area contributed by atoms with E-state index in [4.69, 9.17) is 11.6 Å². The van der Waals surface area contributed by atoms with E-state index in [0.29, 0.717) is 27.4 Å². The summed E-state index contributed by atoms with van der Waals surface area (Å²) in [5.41, 5.74) is 1.09. The minimum Gasteiger partial charge on any atom is -0.480 e. The third kappa shape index (κ3) is 4.76. The van der Waals surface area contributed by atoms with Crippen LogP contribution in [0.2, 0.25) is 5.02 Å². The zero-order valence-corrected chi connectivity index (χ0v) is 19.8. The van der Waals surface area contributed by atoms with E-state index in [1.165, 1.54) is 29.0 Å². The van der Waals surface area contributed by atoms with E-state index in [2.05, 4.69) is 15.4 Å². The largest absolute Gasteiger partial charge is 0.480 e. The predicted molar refractivity (Wildman–Crippen MR) is 128 cm³/mol. The van der Waals surface area contributed by atoms with Crippen LogP contribution in [0.3, 0.4) is 0 Å². The molecule has 186 valence electrons. The molecule has 2 N–H and O–H groups in total. The first-order chi connectivity index (χ1) is 17.0. The number of aromatic nitrogens is 3. The highest BCUT2D eigenvalue weighted by Gasteiger charge is 2.31. The first-order valence-electron chi connectivity index (χ1n) is 10.8. The number of amides is 1. The van der Waals surface area contributed by atoms with Gasteiger partial charge in [-0.1, -0.05) is 55.8 Å². The molecule has 1 amide bonds. The number of nitrogens with one attached hydrogen (secondary N) is 1. The molecular weight excluding hydrogens is 497 g/mol. The molecule has 0 aliphatic heterocycles. The van der Waals surface area contributed by atoms with Crippen LogP contribution in [-0.2, 0) is 11.0 Å². The lowest BCUT2D eigenvalue weighted by Gasteiger charge is -2.17. The van der Waals surface area contributed by atoms with Crippen LogP contribution in [0.4, 0.5) is 13.2 Å². The van der Waals surface area contributed by atoms with Gasteiger partial charge in [-0.2, -0.15) is 18.3 Å². The number of hydrogen-bond donors (Lipinski definition) is 2. The summed E-state index contributed by atoms with van der Waals surface area (Å²) in [6.07, 6.45) is -1.81. The molecule has 4 aromatic rings. The Hall–Kier alpha value is -3.92. The van der Waals surface area contributed by atoms with Crippen molar-refractivity contribution in [3.8, 4) is 22.4 Å². The summed E-state index contributed by atoms with van der Waals surface area (Å²) >= 11 is 6.40. The summed E-state index contributed by atoms with van der Waals surface area (Å²) in [4.78, 5) is 28.8. The van der Waals surface area contributed by atoms with Crippen molar-refractivity contribution in [2.24, 2.45) is 5.92 Å². The third-order valence-electron chi connectivity index (χ3n) is 5.64. The predicted octanol–water partition coefficient (Wildman–Crippen LogP) is 5.57. The molecule has 1 unspecified atom stereocenters. The van der Waals surface area contributed by atoms with Crippen LogP contribution < -0.4 is 5.32 Å². The Morgan fingerprint density at radius 3 is 2.28 bits per heavy atom. The molecule has 0 saturated carbocycles. The molecule has 0 fully saturated rings. The highest BCUT2D eigenvalue weighted by Crippen LogP contribution is 2.37. The molecular formula is C25H20ClF3N4O3. The molecule has 7 nitrogen and oxygen atoms in total. The average molecular weight is 517 g/mol. The zero-order chi connectivity index (χ0) is 26.2. The number of fused-ring (bicyclic) bond motifs is 1. The molecule has 0 spiro atoms. The maximum absolute atomic E-state index is 13.2. The van der Waals surface area contributed by atoms with Crippen LogP contribution in [0.15, 0.2) is 60.9 Å². The summed E-state index contributed by atoms with van der Waals surface area (Å²) in [6.45, 7) is 3.32. The molecule has 0 bridgehead atoms. The number of aliphatic carboxylic acids is 1. The Labute approximate surface area is 208 Å². The summed E-state index contributed by atoms with van der Waals surface area (Å²) in [7, 11) is 0. The van der Waals surface area contributed by atoms with Crippen LogP contribution in [0, 0.1) is 5.92 Å². The number of alkyl halides is 3. The number of halogens is 4. The van der Waals surface area contributed by atoms with Gasteiger partial charge in [0.15, 0.2) is 5.65 Å². The molecule has 0 aliphatic carbocycles. The van der Waals surface area contributed by atoms with Gasteiger partial charge >= 0.3 is 12.1 Å². The molecule has 1 atom stereocenters. The van der Waals surface area contributed by atoms with Gasteiger partial charge in [0, 0.05) is 27.9 Å². The fraction of sp³-hybridized carbons (Fsp3) is 0.200. The van der Waals surface area contributed by atoms with E-state index in [1.54, 1.807) is 38.1 Å². The summed E-state index contributed by atoms with van der Waals surface area (Å²) in [6, 6.07) is 10.3. The number of carbonyl (C=O) groups is 2. The first kappa shape index (κ1) is 25.2. The smallest absolute Gasteiger partial charge is 0.416 e. The number of carboxylic acids is 1. The molecule has 0 saturated heterocycles.